The number of carbonyl (C=O) groups is 1. The summed E-state index contributed by atoms with van der Waals surface area (Å²) >= 11 is 0. The monoisotopic (exact) mass is 556 g/mol. The molecule has 0 bridgehead atoms. The Labute approximate surface area is 239 Å². The zero-order valence-corrected chi connectivity index (χ0v) is 23.4. The van der Waals surface area contributed by atoms with Gasteiger partial charge in [-0.25, -0.2) is 0 Å². The van der Waals surface area contributed by atoms with Gasteiger partial charge in [-0.1, -0.05) is 32.0 Å². The van der Waals surface area contributed by atoms with Crippen LogP contribution in [0, 0.1) is 11.3 Å². The van der Waals surface area contributed by atoms with E-state index in [4.69, 9.17) is 5.84 Å². The van der Waals surface area contributed by atoms with Crippen LogP contribution in [-0.4, -0.2) is 99.6 Å². The summed E-state index contributed by atoms with van der Waals surface area (Å²) in [6, 6.07) is 14.7. The summed E-state index contributed by atoms with van der Waals surface area (Å²) in [6.07, 6.45) is 1.78. The number of aromatic hydroxyl groups is 1. The van der Waals surface area contributed by atoms with Gasteiger partial charge in [-0.15, -0.1) is 10.2 Å². The maximum absolute atomic E-state index is 13.0. The number of phenolic OH excluding ortho intramolecular Hbond substituents is 1. The molecule has 4 N–H and O–H groups in total. The van der Waals surface area contributed by atoms with E-state index in [2.05, 4.69) is 42.2 Å². The zero-order chi connectivity index (χ0) is 28.7. The molecule has 3 fully saturated rings. The number of rotatable bonds is 6. The second-order valence-electron chi connectivity index (χ2n) is 11.9. The summed E-state index contributed by atoms with van der Waals surface area (Å²) in [7, 11) is 0. The van der Waals surface area contributed by atoms with Crippen molar-refractivity contribution in [2.75, 3.05) is 44.2 Å². The highest BCUT2D eigenvalue weighted by Gasteiger charge is 2.52. The number of aliphatic hydroxyl groups excluding tert-OH is 1. The first-order valence-corrected chi connectivity index (χ1v) is 14.1. The number of anilines is 1. The number of β-amino-alcohol motifs (C(OH)–C–C–N with tert-alkyl or cyclic N) is 1. The summed E-state index contributed by atoms with van der Waals surface area (Å²) in [5, 5.41) is 33.7. The average molecular weight is 557 g/mol. The summed E-state index contributed by atoms with van der Waals surface area (Å²) in [5.74, 6) is 6.44. The Morgan fingerprint density at radius 1 is 1.10 bits per heavy atom. The van der Waals surface area contributed by atoms with Crippen LogP contribution in [0.15, 0.2) is 58.6 Å². The van der Waals surface area contributed by atoms with Gasteiger partial charge in [0.05, 0.1) is 23.5 Å². The molecule has 6 rings (SSSR count). The topological polar surface area (TPSA) is 144 Å². The van der Waals surface area contributed by atoms with Gasteiger partial charge in [0, 0.05) is 61.3 Å². The molecule has 1 amide bonds. The smallest absolute Gasteiger partial charge is 0.247 e. The fraction of sp³-hybridized carbons (Fsp3) is 0.433. The van der Waals surface area contributed by atoms with Gasteiger partial charge in [0.15, 0.2) is 5.84 Å². The Balaban J connectivity index is 1.06. The highest BCUT2D eigenvalue weighted by atomic mass is 16.3. The maximum atomic E-state index is 13.0. The molecule has 2 aromatic carbocycles. The number of aromatic nitrogens is 2. The molecule has 2 atom stereocenters. The second-order valence-corrected chi connectivity index (χ2v) is 11.9. The van der Waals surface area contributed by atoms with Crippen molar-refractivity contribution in [2.24, 2.45) is 27.3 Å². The lowest BCUT2D eigenvalue weighted by Gasteiger charge is -2.61. The fourth-order valence-electron chi connectivity index (χ4n) is 6.11. The Bertz CT molecular complexity index is 1510. The molecule has 11 heteroatoms. The van der Waals surface area contributed by atoms with E-state index < -0.39 is 12.1 Å². The summed E-state index contributed by atoms with van der Waals surface area (Å²) in [5.41, 5.74) is 3.38. The van der Waals surface area contributed by atoms with Crippen LogP contribution in [-0.2, 0) is 4.79 Å². The van der Waals surface area contributed by atoms with E-state index in [1.165, 1.54) is 0 Å². The largest absolute Gasteiger partial charge is 0.507 e. The first-order chi connectivity index (χ1) is 19.7. The number of likely N-dealkylation sites (tertiary alicyclic amines) is 2. The lowest BCUT2D eigenvalue weighted by atomic mass is 9.72. The summed E-state index contributed by atoms with van der Waals surface area (Å²) in [4.78, 5) is 23.7. The van der Waals surface area contributed by atoms with Crippen molar-refractivity contribution in [3.63, 3.8) is 0 Å². The molecule has 3 saturated heterocycles. The predicted octanol–water partition coefficient (Wildman–Crippen LogP) is 2.09. The Morgan fingerprint density at radius 3 is 2.56 bits per heavy atom. The van der Waals surface area contributed by atoms with Crippen LogP contribution in [0.4, 0.5) is 5.69 Å². The first kappa shape index (κ1) is 26.9. The molecule has 3 aromatic rings. The van der Waals surface area contributed by atoms with Gasteiger partial charge in [-0.05, 0) is 42.7 Å². The Hall–Kier alpha value is -4.25. The van der Waals surface area contributed by atoms with Gasteiger partial charge < -0.3 is 30.8 Å². The van der Waals surface area contributed by atoms with Gasteiger partial charge in [0.25, 0.3) is 0 Å². The molecule has 11 nitrogen and oxygen atoms in total. The molecule has 41 heavy (non-hydrogen) atoms. The molecule has 214 valence electrons. The van der Waals surface area contributed by atoms with E-state index in [1.54, 1.807) is 23.2 Å². The molecule has 0 saturated carbocycles. The molecular weight excluding hydrogens is 520 g/mol. The van der Waals surface area contributed by atoms with Crippen LogP contribution in [0.25, 0.3) is 22.2 Å². The number of hydrogen-bond donors (Lipinski definition) is 3. The third kappa shape index (κ3) is 5.17. The standard InChI is InChI=1S/C30H36N8O3/c1-19(2)28(29(41)36-10-9-22(39)14-36)32-13-27(33-31)38-17-30(18-38)15-37(16-30)21-8-7-20-11-25(35-34-24(20)12-21)23-5-3-4-6-26(23)40/h3-8,11-13,19,22,28,39-40H,9-10,14-18,31H2,1-2H3/b32-13?,33-27+. The van der Waals surface area contributed by atoms with E-state index >= 15 is 0 Å². The van der Waals surface area contributed by atoms with Gasteiger partial charge >= 0.3 is 0 Å². The van der Waals surface area contributed by atoms with Crippen molar-refractivity contribution in [3.05, 3.63) is 48.5 Å². The number of nitrogens with two attached hydrogens (primary N) is 1. The molecule has 1 spiro atoms. The number of fused-ring (bicyclic) bond motifs is 1. The number of hydrazone groups is 1. The average Bonchev–Trinajstić information content (AvgIpc) is 3.36. The fourth-order valence-corrected chi connectivity index (χ4v) is 6.11. The minimum absolute atomic E-state index is 0.0159. The van der Waals surface area contributed by atoms with Crippen LogP contribution in [0.3, 0.4) is 0 Å². The SMILES string of the molecule is CC(C)C(N=C/C(=N\N)N1CC2(C1)CN(c1ccc3cc(-c4ccccc4O)nnc3c1)C2)C(=O)N1CCC(O)C1. The van der Waals surface area contributed by atoms with Crippen molar-refractivity contribution >= 4 is 34.5 Å². The van der Waals surface area contributed by atoms with Crippen LogP contribution in [0.1, 0.15) is 20.3 Å². The van der Waals surface area contributed by atoms with Gasteiger partial charge in [-0.3, -0.25) is 9.79 Å². The van der Waals surface area contributed by atoms with Crippen molar-refractivity contribution in [1.82, 2.24) is 20.0 Å². The minimum atomic E-state index is -0.531. The molecule has 3 aliphatic heterocycles. The highest BCUT2D eigenvalue weighted by Crippen LogP contribution is 2.42. The molecule has 2 unspecified atom stereocenters. The number of carbonyl (C=O) groups excluding carboxylic acids is 1. The molecule has 4 heterocycles. The van der Waals surface area contributed by atoms with Gasteiger partial charge in [-0.2, -0.15) is 5.10 Å². The number of phenols is 1. The number of amides is 1. The predicted molar refractivity (Wildman–Crippen MR) is 159 cm³/mol. The van der Waals surface area contributed by atoms with E-state index in [0.29, 0.717) is 36.6 Å². The number of para-hydroxylation sites is 1. The van der Waals surface area contributed by atoms with Crippen LogP contribution in [0.5, 0.6) is 5.75 Å². The van der Waals surface area contributed by atoms with Crippen molar-refractivity contribution in [2.45, 2.75) is 32.4 Å². The molecule has 0 aliphatic carbocycles. The highest BCUT2D eigenvalue weighted by molar-refractivity contribution is 6.29. The van der Waals surface area contributed by atoms with E-state index in [-0.39, 0.29) is 23.0 Å². The number of hydrogen-bond acceptors (Lipinski definition) is 9. The normalized spacial score (nSPS) is 21.1. The number of aliphatic imine (C=N–C) groups is 1. The van der Waals surface area contributed by atoms with Crippen LogP contribution >= 0.6 is 0 Å². The molecule has 0 radical (unpaired) electrons. The third-order valence-corrected chi connectivity index (χ3v) is 8.39. The molecular formula is C30H36N8O3. The van der Waals surface area contributed by atoms with Crippen LogP contribution < -0.4 is 10.7 Å². The van der Waals surface area contributed by atoms with E-state index in [0.717, 1.165) is 42.8 Å². The van der Waals surface area contributed by atoms with Crippen molar-refractivity contribution < 1.29 is 15.0 Å². The first-order valence-electron chi connectivity index (χ1n) is 14.1. The second kappa shape index (κ2) is 10.6. The number of amidine groups is 1. The van der Waals surface area contributed by atoms with Crippen LogP contribution in [0.2, 0.25) is 0 Å². The number of benzene rings is 2. The number of aliphatic hydroxyl groups is 1. The molecule has 3 aliphatic rings. The van der Waals surface area contributed by atoms with Crippen molar-refractivity contribution in [1.29, 1.82) is 0 Å². The number of nitrogens with zero attached hydrogens (tertiary/aromatic N) is 7. The van der Waals surface area contributed by atoms with Crippen molar-refractivity contribution in [3.8, 4) is 17.0 Å². The van der Waals surface area contributed by atoms with E-state index in [1.807, 2.05) is 38.1 Å². The minimum Gasteiger partial charge on any atom is -0.507 e. The third-order valence-electron chi connectivity index (χ3n) is 8.39. The lowest BCUT2D eigenvalue weighted by Crippen LogP contribution is -2.73. The Kier molecular flexibility index (Phi) is 6.98. The summed E-state index contributed by atoms with van der Waals surface area (Å²) in [6.45, 7) is 8.34. The molecule has 1 aromatic heterocycles. The van der Waals surface area contributed by atoms with Gasteiger partial charge in [0.1, 0.15) is 11.8 Å². The quantitative estimate of drug-likeness (QED) is 0.181. The van der Waals surface area contributed by atoms with E-state index in [9.17, 15) is 15.0 Å². The Morgan fingerprint density at radius 2 is 1.88 bits per heavy atom. The summed E-state index contributed by atoms with van der Waals surface area (Å²) < 4.78 is 0. The maximum Gasteiger partial charge on any atom is 0.247 e. The van der Waals surface area contributed by atoms with Gasteiger partial charge in [0.2, 0.25) is 5.91 Å². The lowest BCUT2D eigenvalue weighted by molar-refractivity contribution is -0.132. The zero-order valence-electron chi connectivity index (χ0n) is 23.4.